The van der Waals surface area contributed by atoms with Gasteiger partial charge in [0, 0.05) is 17.3 Å². The van der Waals surface area contributed by atoms with Crippen molar-refractivity contribution in [3.05, 3.63) is 47.5 Å². The number of rotatable bonds is 15. The summed E-state index contributed by atoms with van der Waals surface area (Å²) >= 11 is 0. The van der Waals surface area contributed by atoms with E-state index in [-0.39, 0.29) is 16.5 Å². The maximum atomic E-state index is 13.7. The van der Waals surface area contributed by atoms with Crippen molar-refractivity contribution in [3.63, 3.8) is 0 Å². The first-order chi connectivity index (χ1) is 20.2. The Morgan fingerprint density at radius 1 is 0.886 bits per heavy atom. The highest BCUT2D eigenvalue weighted by atomic mass is 19.3. The molecule has 2 aromatic rings. The summed E-state index contributed by atoms with van der Waals surface area (Å²) in [6.45, 7) is 14.6. The number of carbonyl (C=O) groups is 2. The molecule has 2 amide bonds. The summed E-state index contributed by atoms with van der Waals surface area (Å²) in [6.07, 6.45) is -2.26. The highest BCUT2D eigenvalue weighted by Gasteiger charge is 2.67. The first-order valence-electron chi connectivity index (χ1n) is 14.6. The minimum atomic E-state index is -5.94. The highest BCUT2D eigenvalue weighted by molar-refractivity contribution is 5.99. The molecule has 246 valence electrons. The molecule has 0 heterocycles. The third-order valence-electron chi connectivity index (χ3n) is 8.13. The number of amides is 2. The van der Waals surface area contributed by atoms with Crippen LogP contribution in [0.1, 0.15) is 91.7 Å². The molecule has 0 aliphatic carbocycles. The summed E-state index contributed by atoms with van der Waals surface area (Å²) < 4.78 is 85.0. The summed E-state index contributed by atoms with van der Waals surface area (Å²) in [5, 5.41) is 14.1. The van der Waals surface area contributed by atoms with E-state index in [1.54, 1.807) is 0 Å². The van der Waals surface area contributed by atoms with Crippen LogP contribution in [0.5, 0.6) is 11.5 Å². The summed E-state index contributed by atoms with van der Waals surface area (Å²) in [5.41, 5.74) is 0.955. The second-order valence-corrected chi connectivity index (χ2v) is 12.1. The predicted octanol–water partition coefficient (Wildman–Crippen LogP) is 8.82. The van der Waals surface area contributed by atoms with Crippen LogP contribution < -0.4 is 15.4 Å². The van der Waals surface area contributed by atoms with Gasteiger partial charge in [-0.25, -0.2) is 8.78 Å². The van der Waals surface area contributed by atoms with Gasteiger partial charge >= 0.3 is 24.2 Å². The number of halogens is 6. The number of carbonyl (C=O) groups excluding carboxylic acids is 2. The summed E-state index contributed by atoms with van der Waals surface area (Å²) in [6, 6.07) is 8.82. The number of phenols is 1. The van der Waals surface area contributed by atoms with E-state index in [0.29, 0.717) is 18.6 Å². The zero-order valence-electron chi connectivity index (χ0n) is 26.1. The topological polar surface area (TPSA) is 87.7 Å². The Hall–Kier alpha value is -3.44. The van der Waals surface area contributed by atoms with Crippen molar-refractivity contribution < 1.29 is 45.8 Å². The normalized spacial score (nSPS) is 13.5. The van der Waals surface area contributed by atoms with Crippen molar-refractivity contribution in [3.8, 4) is 11.5 Å². The van der Waals surface area contributed by atoms with Crippen molar-refractivity contribution in [2.75, 3.05) is 10.6 Å². The largest absolute Gasteiger partial charge is 0.506 e. The van der Waals surface area contributed by atoms with E-state index < -0.39 is 47.6 Å². The third-order valence-corrected chi connectivity index (χ3v) is 8.13. The predicted molar refractivity (Wildman–Crippen MR) is 158 cm³/mol. The van der Waals surface area contributed by atoms with Crippen LogP contribution in [0.3, 0.4) is 0 Å². The molecule has 1 atom stereocenters. The number of hydrogen-bond acceptors (Lipinski definition) is 4. The Morgan fingerprint density at radius 3 is 2.02 bits per heavy atom. The number of ether oxygens (including phenoxy) is 1. The number of hydrogen-bond donors (Lipinski definition) is 3. The Balaban J connectivity index is 2.33. The van der Waals surface area contributed by atoms with Gasteiger partial charge in [0.05, 0.1) is 5.69 Å². The molecule has 12 heteroatoms. The van der Waals surface area contributed by atoms with E-state index in [1.807, 2.05) is 19.1 Å². The van der Waals surface area contributed by atoms with Gasteiger partial charge in [0.1, 0.15) is 11.5 Å². The first kappa shape index (κ1) is 36.8. The lowest BCUT2D eigenvalue weighted by molar-refractivity contribution is -0.251. The molecule has 2 rings (SSSR count). The van der Waals surface area contributed by atoms with Gasteiger partial charge in [0.15, 0.2) is 6.10 Å². The minimum Gasteiger partial charge on any atom is -0.506 e. The van der Waals surface area contributed by atoms with Gasteiger partial charge in [-0.05, 0) is 60.3 Å². The monoisotopic (exact) mass is 632 g/mol. The van der Waals surface area contributed by atoms with Crippen LogP contribution in [-0.4, -0.2) is 41.3 Å². The maximum Gasteiger partial charge on any atom is 0.392 e. The van der Waals surface area contributed by atoms with E-state index in [0.717, 1.165) is 48.6 Å². The van der Waals surface area contributed by atoms with Gasteiger partial charge in [-0.2, -0.15) is 17.6 Å². The van der Waals surface area contributed by atoms with Crippen LogP contribution in [0.2, 0.25) is 0 Å². The Labute approximate surface area is 254 Å². The Kier molecular flexibility index (Phi) is 11.8. The molecule has 0 bridgehead atoms. The van der Waals surface area contributed by atoms with Gasteiger partial charge in [0.25, 0.3) is 5.91 Å². The van der Waals surface area contributed by atoms with Gasteiger partial charge in [-0.1, -0.05) is 67.0 Å². The summed E-state index contributed by atoms with van der Waals surface area (Å²) in [5.74, 6) is -15.3. The molecular formula is C32H42F6N2O4. The number of anilines is 2. The Bertz CT molecular complexity index is 1310. The third kappa shape index (κ3) is 8.18. The first-order valence-corrected chi connectivity index (χ1v) is 14.6. The Morgan fingerprint density at radius 2 is 1.50 bits per heavy atom. The number of benzene rings is 2. The van der Waals surface area contributed by atoms with Crippen molar-refractivity contribution in [2.24, 2.45) is 0 Å². The lowest BCUT2D eigenvalue weighted by atomic mass is 9.76. The number of unbranched alkanes of at least 4 members (excludes halogenated alkanes) is 1. The molecule has 0 radical (unpaired) electrons. The van der Waals surface area contributed by atoms with E-state index in [2.05, 4.69) is 52.9 Å². The number of aromatic hydroxyl groups is 1. The number of nitrogens with one attached hydrogen (secondary N) is 2. The van der Waals surface area contributed by atoms with Crippen molar-refractivity contribution >= 4 is 23.2 Å². The summed E-state index contributed by atoms with van der Waals surface area (Å²) in [7, 11) is 0. The molecule has 6 nitrogen and oxygen atoms in total. The van der Waals surface area contributed by atoms with Gasteiger partial charge < -0.3 is 20.5 Å². The fourth-order valence-corrected chi connectivity index (χ4v) is 4.19. The highest BCUT2D eigenvalue weighted by Crippen LogP contribution is 2.41. The maximum absolute atomic E-state index is 13.7. The number of alkyl halides is 6. The van der Waals surface area contributed by atoms with E-state index in [1.165, 1.54) is 5.32 Å². The lowest BCUT2D eigenvalue weighted by Gasteiger charge is -2.31. The van der Waals surface area contributed by atoms with Crippen LogP contribution in [0.15, 0.2) is 36.4 Å². The SMILES string of the molecule is CCCCC(Oc1ccc(C(C)(C)CC)cc1C(C)(C)CC)C(=O)Nc1ccc(NC(=O)C(F)(F)C(F)(F)C(F)F)c(O)c1. The number of phenolic OH excluding ortho intramolecular Hbond substituents is 1. The van der Waals surface area contributed by atoms with Crippen LogP contribution >= 0.6 is 0 Å². The molecule has 44 heavy (non-hydrogen) atoms. The van der Waals surface area contributed by atoms with Crippen LogP contribution in [-0.2, 0) is 20.4 Å². The van der Waals surface area contributed by atoms with Crippen LogP contribution in [0.4, 0.5) is 37.7 Å². The van der Waals surface area contributed by atoms with Gasteiger partial charge in [-0.15, -0.1) is 0 Å². The van der Waals surface area contributed by atoms with Crippen molar-refractivity contribution in [1.82, 2.24) is 0 Å². The molecule has 0 aliphatic rings. The quantitative estimate of drug-likeness (QED) is 0.135. The molecule has 2 aromatic carbocycles. The van der Waals surface area contributed by atoms with Crippen molar-refractivity contribution in [2.45, 2.75) is 116 Å². The van der Waals surface area contributed by atoms with E-state index in [9.17, 15) is 41.0 Å². The molecule has 3 N–H and O–H groups in total. The van der Waals surface area contributed by atoms with E-state index >= 15 is 0 Å². The van der Waals surface area contributed by atoms with E-state index in [4.69, 9.17) is 4.74 Å². The lowest BCUT2D eigenvalue weighted by Crippen LogP contribution is -2.53. The molecule has 0 saturated heterocycles. The average molecular weight is 633 g/mol. The average Bonchev–Trinajstić information content (AvgIpc) is 2.96. The zero-order chi connectivity index (χ0) is 33.7. The molecular weight excluding hydrogens is 590 g/mol. The molecule has 1 unspecified atom stereocenters. The second-order valence-electron chi connectivity index (χ2n) is 12.1. The molecule has 0 aliphatic heterocycles. The zero-order valence-corrected chi connectivity index (χ0v) is 26.1. The van der Waals surface area contributed by atoms with Crippen LogP contribution in [0.25, 0.3) is 0 Å². The second kappa shape index (κ2) is 14.1. The van der Waals surface area contributed by atoms with Gasteiger partial charge in [0.2, 0.25) is 0 Å². The minimum absolute atomic E-state index is 0.0191. The standard InChI is InChI=1S/C32H42F6N2O4/c1-8-11-12-25(44-24-16-13-19(29(4,5)9-2)17-21(24)30(6,7)10-3)26(42)39-20-14-15-22(23(41)18-20)40-28(43)32(37,38)31(35,36)27(33)34/h13-18,25,27,41H,8-12H2,1-7H3,(H,39,42)(H,40,43). The van der Waals surface area contributed by atoms with Gasteiger partial charge in [-0.3, -0.25) is 9.59 Å². The smallest absolute Gasteiger partial charge is 0.392 e. The molecule has 0 aromatic heterocycles. The molecule has 0 saturated carbocycles. The fraction of sp³-hybridized carbons (Fsp3) is 0.562. The summed E-state index contributed by atoms with van der Waals surface area (Å²) in [4.78, 5) is 25.1. The molecule has 0 fully saturated rings. The fourth-order valence-electron chi connectivity index (χ4n) is 4.19. The van der Waals surface area contributed by atoms with Crippen LogP contribution in [0, 0.1) is 0 Å². The van der Waals surface area contributed by atoms with Crippen molar-refractivity contribution in [1.29, 1.82) is 0 Å². The molecule has 0 spiro atoms.